The zero-order valence-corrected chi connectivity index (χ0v) is 25.0. The van der Waals surface area contributed by atoms with E-state index < -0.39 is 0 Å². The predicted molar refractivity (Wildman–Crippen MR) is 179 cm³/mol. The van der Waals surface area contributed by atoms with Gasteiger partial charge in [-0.3, -0.25) is 0 Å². The van der Waals surface area contributed by atoms with Gasteiger partial charge in [-0.1, -0.05) is 95.8 Å². The summed E-state index contributed by atoms with van der Waals surface area (Å²) in [5, 5.41) is 3.26. The smallest absolute Gasteiger partial charge is 0.0491 e. The molecule has 0 radical (unpaired) electrons. The highest BCUT2D eigenvalue weighted by Crippen LogP contribution is 2.50. The first-order chi connectivity index (χ1) is 20.2. The fourth-order valence-electron chi connectivity index (χ4n) is 5.53. The van der Waals surface area contributed by atoms with Crippen LogP contribution in [0.4, 0.5) is 17.1 Å². The molecule has 0 spiro atoms. The van der Waals surface area contributed by atoms with Gasteiger partial charge in [-0.25, -0.2) is 0 Å². The van der Waals surface area contributed by atoms with Gasteiger partial charge in [0.15, 0.2) is 0 Å². The lowest BCUT2D eigenvalue weighted by atomic mass is 9.99. The number of benzene rings is 6. The number of rotatable bonds is 4. The van der Waals surface area contributed by atoms with Crippen LogP contribution in [-0.2, 0) is 0 Å². The molecule has 0 aliphatic carbocycles. The van der Waals surface area contributed by atoms with E-state index in [4.69, 9.17) is 11.6 Å². The summed E-state index contributed by atoms with van der Waals surface area (Å²) in [4.78, 5) is 7.54. The minimum absolute atomic E-state index is 0.776. The monoisotopic (exact) mass is 599 g/mol. The maximum absolute atomic E-state index is 6.88. The van der Waals surface area contributed by atoms with E-state index in [1.165, 1.54) is 39.8 Å². The van der Waals surface area contributed by atoms with Crippen molar-refractivity contribution in [1.82, 2.24) is 0 Å². The minimum Gasteiger partial charge on any atom is -0.310 e. The number of nitrogens with zero attached hydrogens (tertiary/aromatic N) is 1. The lowest BCUT2D eigenvalue weighted by Gasteiger charge is -2.27. The maximum Gasteiger partial charge on any atom is 0.0491 e. The molecular weight excluding hydrogens is 578 g/mol. The van der Waals surface area contributed by atoms with Crippen LogP contribution in [0.2, 0.25) is 5.02 Å². The molecule has 0 amide bonds. The molecule has 0 saturated heterocycles. The van der Waals surface area contributed by atoms with Gasteiger partial charge in [-0.15, -0.1) is 11.3 Å². The van der Waals surface area contributed by atoms with Crippen LogP contribution in [0.25, 0.3) is 31.3 Å². The van der Waals surface area contributed by atoms with Gasteiger partial charge in [0.25, 0.3) is 0 Å². The Kier molecular flexibility index (Phi) is 6.30. The minimum atomic E-state index is 0.776. The van der Waals surface area contributed by atoms with E-state index in [0.29, 0.717) is 0 Å². The van der Waals surface area contributed by atoms with Crippen molar-refractivity contribution >= 4 is 83.7 Å². The topological polar surface area (TPSA) is 3.24 Å². The first-order valence-corrected chi connectivity index (χ1v) is 16.2. The third-order valence-electron chi connectivity index (χ3n) is 7.40. The van der Waals surface area contributed by atoms with E-state index in [0.717, 1.165) is 33.2 Å². The van der Waals surface area contributed by atoms with Crippen molar-refractivity contribution in [2.75, 3.05) is 4.90 Å². The summed E-state index contributed by atoms with van der Waals surface area (Å²) in [7, 11) is 0. The fraction of sp³-hybridized carbons (Fsp3) is 0. The largest absolute Gasteiger partial charge is 0.310 e. The Labute approximate surface area is 256 Å². The zero-order valence-electron chi connectivity index (χ0n) is 21.8. The molecule has 0 saturated carbocycles. The Morgan fingerprint density at radius 2 is 1.12 bits per heavy atom. The quantitative estimate of drug-likeness (QED) is 0.198. The van der Waals surface area contributed by atoms with E-state index in [1.807, 2.05) is 40.9 Å². The van der Waals surface area contributed by atoms with Gasteiger partial charge in [0.1, 0.15) is 0 Å². The second-order valence-electron chi connectivity index (χ2n) is 9.89. The van der Waals surface area contributed by atoms with Crippen LogP contribution >= 0.6 is 46.5 Å². The van der Waals surface area contributed by atoms with Crippen molar-refractivity contribution in [3.05, 3.63) is 138 Å². The van der Waals surface area contributed by atoms with Crippen molar-refractivity contribution in [3.8, 4) is 11.1 Å². The Balaban J connectivity index is 1.23. The second-order valence-corrected chi connectivity index (χ2v) is 13.6. The van der Waals surface area contributed by atoms with E-state index in [2.05, 4.69) is 132 Å². The van der Waals surface area contributed by atoms with E-state index in [1.54, 1.807) is 0 Å². The average molecular weight is 600 g/mol. The van der Waals surface area contributed by atoms with Crippen molar-refractivity contribution in [2.45, 2.75) is 19.6 Å². The van der Waals surface area contributed by atoms with Gasteiger partial charge in [-0.2, -0.15) is 0 Å². The van der Waals surface area contributed by atoms with E-state index in [-0.39, 0.29) is 0 Å². The summed E-state index contributed by atoms with van der Waals surface area (Å²) in [6.07, 6.45) is 0. The van der Waals surface area contributed by atoms with Gasteiger partial charge in [0.05, 0.1) is 0 Å². The molecule has 0 bridgehead atoms. The van der Waals surface area contributed by atoms with Crippen molar-refractivity contribution < 1.29 is 0 Å². The summed E-state index contributed by atoms with van der Waals surface area (Å²) in [5.41, 5.74) is 5.58. The first kappa shape index (κ1) is 25.1. The Morgan fingerprint density at radius 1 is 0.488 bits per heavy atom. The highest BCUT2D eigenvalue weighted by atomic mass is 35.5. The van der Waals surface area contributed by atoms with Crippen molar-refractivity contribution in [1.29, 1.82) is 0 Å². The standard InChI is InChI=1S/C36H22ClNS3/c37-28-19-21-33-36(27-10-4-5-11-29(27)39-33)35(28)23-14-16-25(17-15-23)38(24-8-2-1-3-9-24)26-18-20-32-34(22-26)41-31-13-7-6-12-30(31)40-32/h1-22H. The molecule has 1 aliphatic rings. The summed E-state index contributed by atoms with van der Waals surface area (Å²) in [6.45, 7) is 0. The number of anilines is 3. The summed E-state index contributed by atoms with van der Waals surface area (Å²) in [5.74, 6) is 0. The molecule has 196 valence electrons. The van der Waals surface area contributed by atoms with Crippen LogP contribution in [0, 0.1) is 0 Å². The Bertz CT molecular complexity index is 2070. The molecule has 7 aromatic rings. The molecule has 2 heterocycles. The molecular formula is C36H22ClNS3. The molecule has 1 nitrogen and oxygen atoms in total. The number of hydrogen-bond donors (Lipinski definition) is 0. The Hall–Kier alpha value is -3.67. The van der Waals surface area contributed by atoms with Gasteiger partial charge in [0.2, 0.25) is 0 Å². The number of thiophene rings is 1. The summed E-state index contributed by atoms with van der Waals surface area (Å²) >= 11 is 12.4. The number of halogens is 1. The lowest BCUT2D eigenvalue weighted by molar-refractivity contribution is 1.14. The third kappa shape index (κ3) is 4.43. The molecule has 0 atom stereocenters. The fourth-order valence-corrected chi connectivity index (χ4v) is 9.16. The van der Waals surface area contributed by atoms with Crippen LogP contribution in [0.1, 0.15) is 0 Å². The van der Waals surface area contributed by atoms with Crippen LogP contribution in [0.15, 0.2) is 153 Å². The van der Waals surface area contributed by atoms with Gasteiger partial charge in [0, 0.05) is 67.4 Å². The summed E-state index contributed by atoms with van der Waals surface area (Å²) < 4.78 is 2.54. The molecule has 1 aromatic heterocycles. The molecule has 0 N–H and O–H groups in total. The molecule has 41 heavy (non-hydrogen) atoms. The molecule has 1 aliphatic heterocycles. The molecule has 8 rings (SSSR count). The molecule has 0 unspecified atom stereocenters. The highest BCUT2D eigenvalue weighted by Gasteiger charge is 2.20. The SMILES string of the molecule is Clc1ccc2sc3ccccc3c2c1-c1ccc(N(c2ccccc2)c2ccc3c(c2)Sc2ccccc2S3)cc1. The summed E-state index contributed by atoms with van der Waals surface area (Å²) in [6, 6.07) is 47.6. The zero-order chi connectivity index (χ0) is 27.3. The van der Waals surface area contributed by atoms with Gasteiger partial charge in [-0.05, 0) is 78.4 Å². The van der Waals surface area contributed by atoms with E-state index in [9.17, 15) is 0 Å². The average Bonchev–Trinajstić information content (AvgIpc) is 3.40. The van der Waals surface area contributed by atoms with Crippen LogP contribution in [0.5, 0.6) is 0 Å². The van der Waals surface area contributed by atoms with Crippen molar-refractivity contribution in [2.24, 2.45) is 0 Å². The lowest BCUT2D eigenvalue weighted by Crippen LogP contribution is -2.10. The highest BCUT2D eigenvalue weighted by molar-refractivity contribution is 8.05. The van der Waals surface area contributed by atoms with Gasteiger partial charge >= 0.3 is 0 Å². The van der Waals surface area contributed by atoms with Crippen LogP contribution < -0.4 is 4.90 Å². The second kappa shape index (κ2) is 10.3. The number of hydrogen-bond acceptors (Lipinski definition) is 4. The predicted octanol–water partition coefficient (Wildman–Crippen LogP) is 12.5. The number of para-hydroxylation sites is 1. The third-order valence-corrected chi connectivity index (χ3v) is 11.4. The molecule has 5 heteroatoms. The van der Waals surface area contributed by atoms with Gasteiger partial charge < -0.3 is 4.90 Å². The normalized spacial score (nSPS) is 12.3. The number of fused-ring (bicyclic) bond motifs is 5. The van der Waals surface area contributed by atoms with E-state index >= 15 is 0 Å². The van der Waals surface area contributed by atoms with Crippen molar-refractivity contribution in [3.63, 3.8) is 0 Å². The first-order valence-electron chi connectivity index (χ1n) is 13.4. The van der Waals surface area contributed by atoms with Crippen LogP contribution in [0.3, 0.4) is 0 Å². The van der Waals surface area contributed by atoms with Crippen LogP contribution in [-0.4, -0.2) is 0 Å². The molecule has 6 aromatic carbocycles. The molecule has 0 fully saturated rings. The maximum atomic E-state index is 6.88. The Morgan fingerprint density at radius 3 is 1.93 bits per heavy atom.